The highest BCUT2D eigenvalue weighted by Crippen LogP contribution is 2.32. The summed E-state index contributed by atoms with van der Waals surface area (Å²) >= 11 is 0. The zero-order valence-corrected chi connectivity index (χ0v) is 16.7. The van der Waals surface area contributed by atoms with Crippen LogP contribution in [-0.4, -0.2) is 36.3 Å². The van der Waals surface area contributed by atoms with Gasteiger partial charge in [0.1, 0.15) is 0 Å². The van der Waals surface area contributed by atoms with Gasteiger partial charge >= 0.3 is 0 Å². The minimum absolute atomic E-state index is 0.0172. The molecule has 148 valence electrons. The highest BCUT2D eigenvalue weighted by molar-refractivity contribution is 5.96. The van der Waals surface area contributed by atoms with Crippen LogP contribution >= 0.6 is 0 Å². The fourth-order valence-corrected chi connectivity index (χ4v) is 4.31. The minimum atomic E-state index is -0.0829. The van der Waals surface area contributed by atoms with E-state index in [9.17, 15) is 9.59 Å². The number of aryl methyl sites for hydroxylation is 1. The first-order valence-corrected chi connectivity index (χ1v) is 10.3. The summed E-state index contributed by atoms with van der Waals surface area (Å²) < 4.78 is 5.22. The molecule has 4 rings (SSSR count). The Kier molecular flexibility index (Phi) is 5.25. The van der Waals surface area contributed by atoms with Crippen LogP contribution in [-0.2, 0) is 11.2 Å². The maximum Gasteiger partial charge on any atom is 0.289 e. The molecular weight excluding hydrogens is 352 g/mol. The molecule has 2 aliphatic heterocycles. The summed E-state index contributed by atoms with van der Waals surface area (Å²) in [5.41, 5.74) is 3.70. The maximum atomic E-state index is 13.2. The fourth-order valence-electron chi connectivity index (χ4n) is 4.31. The van der Waals surface area contributed by atoms with Crippen LogP contribution in [0.3, 0.4) is 0 Å². The van der Waals surface area contributed by atoms with Crippen LogP contribution in [0.4, 0.5) is 5.69 Å². The topological polar surface area (TPSA) is 53.8 Å². The van der Waals surface area contributed by atoms with Crippen molar-refractivity contribution in [3.05, 3.63) is 53.5 Å². The van der Waals surface area contributed by atoms with Gasteiger partial charge in [-0.1, -0.05) is 26.0 Å². The van der Waals surface area contributed by atoms with Crippen molar-refractivity contribution in [2.75, 3.05) is 24.5 Å². The molecule has 5 heteroatoms. The fraction of sp³-hybridized carbons (Fsp3) is 0.478. The second kappa shape index (κ2) is 7.82. The maximum absolute atomic E-state index is 13.2. The monoisotopic (exact) mass is 380 g/mol. The third-order valence-electron chi connectivity index (χ3n) is 6.02. The molecule has 0 unspecified atom stereocenters. The van der Waals surface area contributed by atoms with Gasteiger partial charge in [-0.2, -0.15) is 0 Å². The van der Waals surface area contributed by atoms with Gasteiger partial charge in [-0.15, -0.1) is 0 Å². The first kappa shape index (κ1) is 18.8. The standard InChI is InChI=1S/C23H28N2O3/c1-16(2)18-7-8-20-19(15-18)5-3-11-25(20)22(26)17-9-12-24(13-10-17)23(27)21-6-4-14-28-21/h4,6-8,14-17H,3,5,9-13H2,1-2H3. The Labute approximate surface area is 166 Å². The van der Waals surface area contributed by atoms with Gasteiger partial charge in [0, 0.05) is 31.2 Å². The molecule has 0 saturated carbocycles. The molecule has 1 fully saturated rings. The Morgan fingerprint density at radius 2 is 1.89 bits per heavy atom. The Morgan fingerprint density at radius 3 is 2.57 bits per heavy atom. The number of amides is 2. The van der Waals surface area contributed by atoms with Crippen LogP contribution in [0.2, 0.25) is 0 Å². The number of nitrogens with zero attached hydrogens (tertiary/aromatic N) is 2. The van der Waals surface area contributed by atoms with Crippen LogP contribution in [0.1, 0.15) is 60.7 Å². The number of piperidine rings is 1. The Bertz CT molecular complexity index is 849. The van der Waals surface area contributed by atoms with Gasteiger partial charge in [-0.25, -0.2) is 0 Å². The molecule has 2 aromatic rings. The molecule has 0 aliphatic carbocycles. The number of hydrogen-bond acceptors (Lipinski definition) is 3. The summed E-state index contributed by atoms with van der Waals surface area (Å²) in [6.45, 7) is 6.39. The van der Waals surface area contributed by atoms with Crippen molar-refractivity contribution in [3.63, 3.8) is 0 Å². The summed E-state index contributed by atoms with van der Waals surface area (Å²) in [6, 6.07) is 9.96. The molecule has 2 amide bonds. The molecule has 28 heavy (non-hydrogen) atoms. The van der Waals surface area contributed by atoms with Crippen molar-refractivity contribution in [1.29, 1.82) is 0 Å². The van der Waals surface area contributed by atoms with Crippen LogP contribution in [0.25, 0.3) is 0 Å². The van der Waals surface area contributed by atoms with Crippen LogP contribution in [0, 0.1) is 5.92 Å². The summed E-state index contributed by atoms with van der Waals surface area (Å²) in [5, 5.41) is 0. The summed E-state index contributed by atoms with van der Waals surface area (Å²) in [4.78, 5) is 29.4. The lowest BCUT2D eigenvalue weighted by molar-refractivity contribution is -0.123. The molecule has 0 radical (unpaired) electrons. The minimum Gasteiger partial charge on any atom is -0.459 e. The lowest BCUT2D eigenvalue weighted by Gasteiger charge is -2.36. The molecule has 0 bridgehead atoms. The number of fused-ring (bicyclic) bond motifs is 1. The zero-order valence-electron chi connectivity index (χ0n) is 16.7. The van der Waals surface area contributed by atoms with Gasteiger partial charge < -0.3 is 14.2 Å². The zero-order chi connectivity index (χ0) is 19.7. The lowest BCUT2D eigenvalue weighted by Crippen LogP contribution is -2.45. The van der Waals surface area contributed by atoms with Crippen LogP contribution < -0.4 is 4.90 Å². The van der Waals surface area contributed by atoms with E-state index >= 15 is 0 Å². The molecule has 1 aromatic carbocycles. The van der Waals surface area contributed by atoms with Gasteiger partial charge in [0.15, 0.2) is 5.76 Å². The van der Waals surface area contributed by atoms with E-state index < -0.39 is 0 Å². The predicted octanol–water partition coefficient (Wildman–Crippen LogP) is 4.23. The van der Waals surface area contributed by atoms with Gasteiger partial charge in [0.25, 0.3) is 5.91 Å². The van der Waals surface area contributed by atoms with Crippen molar-refractivity contribution in [1.82, 2.24) is 4.90 Å². The number of hydrogen-bond donors (Lipinski definition) is 0. The van der Waals surface area contributed by atoms with Crippen molar-refractivity contribution >= 4 is 17.5 Å². The van der Waals surface area contributed by atoms with E-state index in [1.165, 1.54) is 17.4 Å². The number of benzene rings is 1. The average Bonchev–Trinajstić information content (AvgIpc) is 3.27. The van der Waals surface area contributed by atoms with Gasteiger partial charge in [-0.3, -0.25) is 9.59 Å². The Balaban J connectivity index is 1.43. The van der Waals surface area contributed by atoms with Crippen molar-refractivity contribution < 1.29 is 14.0 Å². The first-order valence-electron chi connectivity index (χ1n) is 10.3. The number of likely N-dealkylation sites (tertiary alicyclic amines) is 1. The summed E-state index contributed by atoms with van der Waals surface area (Å²) in [7, 11) is 0. The van der Waals surface area contributed by atoms with Crippen molar-refractivity contribution in [3.8, 4) is 0 Å². The normalized spacial score (nSPS) is 17.7. The molecule has 2 aliphatic rings. The lowest BCUT2D eigenvalue weighted by atomic mass is 9.91. The molecule has 0 N–H and O–H groups in total. The van der Waals surface area contributed by atoms with Crippen LogP contribution in [0.5, 0.6) is 0 Å². The SMILES string of the molecule is CC(C)c1ccc2c(c1)CCCN2C(=O)C1CCN(C(=O)c2ccco2)CC1. The predicted molar refractivity (Wildman–Crippen MR) is 109 cm³/mol. The van der Waals surface area contributed by atoms with E-state index in [1.807, 2.05) is 4.90 Å². The molecule has 3 heterocycles. The number of furan rings is 1. The van der Waals surface area contributed by atoms with Gasteiger partial charge in [0.2, 0.25) is 5.91 Å². The number of carbonyl (C=O) groups is 2. The van der Waals surface area contributed by atoms with Gasteiger partial charge in [-0.05, 0) is 60.9 Å². The third kappa shape index (κ3) is 3.58. The Hall–Kier alpha value is -2.56. The summed E-state index contributed by atoms with van der Waals surface area (Å²) in [6.07, 6.45) is 4.98. The largest absolute Gasteiger partial charge is 0.459 e. The average molecular weight is 380 g/mol. The van der Waals surface area contributed by atoms with E-state index in [0.717, 1.165) is 25.1 Å². The van der Waals surface area contributed by atoms with Crippen LogP contribution in [0.15, 0.2) is 41.0 Å². The van der Waals surface area contributed by atoms with E-state index in [1.54, 1.807) is 17.0 Å². The second-order valence-electron chi connectivity index (χ2n) is 8.18. The molecule has 0 spiro atoms. The van der Waals surface area contributed by atoms with Crippen molar-refractivity contribution in [2.24, 2.45) is 5.92 Å². The summed E-state index contributed by atoms with van der Waals surface area (Å²) in [5.74, 6) is 0.975. The molecule has 1 saturated heterocycles. The number of anilines is 1. The highest BCUT2D eigenvalue weighted by Gasteiger charge is 2.33. The second-order valence-corrected chi connectivity index (χ2v) is 8.18. The number of carbonyl (C=O) groups excluding carboxylic acids is 2. The molecular formula is C23H28N2O3. The quantitative estimate of drug-likeness (QED) is 0.800. The van der Waals surface area contributed by atoms with E-state index in [4.69, 9.17) is 4.42 Å². The van der Waals surface area contributed by atoms with Gasteiger partial charge in [0.05, 0.1) is 6.26 Å². The smallest absolute Gasteiger partial charge is 0.289 e. The first-order chi connectivity index (χ1) is 13.5. The molecule has 1 aromatic heterocycles. The third-order valence-corrected chi connectivity index (χ3v) is 6.02. The van der Waals surface area contributed by atoms with E-state index in [0.29, 0.717) is 37.6 Å². The van der Waals surface area contributed by atoms with Crippen molar-refractivity contribution in [2.45, 2.75) is 45.4 Å². The van der Waals surface area contributed by atoms with E-state index in [2.05, 4.69) is 32.0 Å². The molecule has 5 nitrogen and oxygen atoms in total. The molecule has 0 atom stereocenters. The van der Waals surface area contributed by atoms with E-state index in [-0.39, 0.29) is 17.7 Å². The Morgan fingerprint density at radius 1 is 1.11 bits per heavy atom. The highest BCUT2D eigenvalue weighted by atomic mass is 16.3. The number of rotatable bonds is 3.